The largest absolute Gasteiger partial charge is 0.354 e. The zero-order chi connectivity index (χ0) is 17.4. The number of hydrogen-bond acceptors (Lipinski definition) is 4. The van der Waals surface area contributed by atoms with Gasteiger partial charge in [-0.3, -0.25) is 9.55 Å². The maximum absolute atomic E-state index is 6.03. The smallest absolute Gasteiger partial charge is 0.159 e. The van der Waals surface area contributed by atoms with Crippen molar-refractivity contribution in [1.29, 1.82) is 0 Å². The van der Waals surface area contributed by atoms with Crippen molar-refractivity contribution in [2.45, 2.75) is 25.7 Å². The third-order valence-electron chi connectivity index (χ3n) is 5.02. The zero-order valence-electron chi connectivity index (χ0n) is 14.4. The van der Waals surface area contributed by atoms with Gasteiger partial charge in [-0.2, -0.15) is 0 Å². The molecule has 25 heavy (non-hydrogen) atoms. The summed E-state index contributed by atoms with van der Waals surface area (Å²) in [5, 5.41) is 0.775. The van der Waals surface area contributed by atoms with E-state index in [-0.39, 0.29) is 5.41 Å². The maximum atomic E-state index is 6.03. The van der Waals surface area contributed by atoms with E-state index in [0.717, 1.165) is 42.0 Å². The van der Waals surface area contributed by atoms with Crippen molar-refractivity contribution in [3.8, 4) is 5.82 Å². The second-order valence-corrected chi connectivity index (χ2v) is 7.26. The van der Waals surface area contributed by atoms with E-state index in [9.17, 15) is 0 Å². The van der Waals surface area contributed by atoms with Crippen LogP contribution in [0.1, 0.15) is 24.7 Å². The van der Waals surface area contributed by atoms with E-state index in [1.165, 1.54) is 5.56 Å². The SMILES string of the molecule is Cc1nccn1-c1cncc(N2CCC(C)(c3ccc(Cl)cc3)C2)n1. The van der Waals surface area contributed by atoms with Gasteiger partial charge in [0.25, 0.3) is 0 Å². The third-order valence-corrected chi connectivity index (χ3v) is 5.27. The van der Waals surface area contributed by atoms with Crippen LogP contribution in [0.15, 0.2) is 49.1 Å². The zero-order valence-corrected chi connectivity index (χ0v) is 15.1. The molecule has 1 atom stereocenters. The summed E-state index contributed by atoms with van der Waals surface area (Å²) in [5.74, 6) is 2.61. The molecule has 1 fully saturated rings. The minimum atomic E-state index is 0.0905. The monoisotopic (exact) mass is 353 g/mol. The van der Waals surface area contributed by atoms with Crippen molar-refractivity contribution in [2.24, 2.45) is 0 Å². The summed E-state index contributed by atoms with van der Waals surface area (Å²) in [6, 6.07) is 8.19. The average Bonchev–Trinajstić information content (AvgIpc) is 3.22. The molecule has 0 aliphatic carbocycles. The van der Waals surface area contributed by atoms with E-state index in [1.807, 2.05) is 36.0 Å². The molecular formula is C19H20ClN5. The van der Waals surface area contributed by atoms with Crippen molar-refractivity contribution in [3.63, 3.8) is 0 Å². The predicted molar refractivity (Wildman–Crippen MR) is 99.5 cm³/mol. The molecule has 6 heteroatoms. The number of halogens is 1. The summed E-state index contributed by atoms with van der Waals surface area (Å²) in [7, 11) is 0. The van der Waals surface area contributed by atoms with Gasteiger partial charge >= 0.3 is 0 Å². The fourth-order valence-electron chi connectivity index (χ4n) is 3.48. The van der Waals surface area contributed by atoms with E-state index in [2.05, 4.69) is 33.9 Å². The number of aryl methyl sites for hydroxylation is 1. The molecule has 0 amide bonds. The highest BCUT2D eigenvalue weighted by atomic mass is 35.5. The van der Waals surface area contributed by atoms with Gasteiger partial charge in [-0.1, -0.05) is 30.7 Å². The molecule has 3 aromatic rings. The molecule has 0 spiro atoms. The van der Waals surface area contributed by atoms with Gasteiger partial charge in [-0.05, 0) is 31.0 Å². The van der Waals surface area contributed by atoms with Crippen LogP contribution in [0.2, 0.25) is 5.02 Å². The van der Waals surface area contributed by atoms with Crippen molar-refractivity contribution in [2.75, 3.05) is 18.0 Å². The predicted octanol–water partition coefficient (Wildman–Crippen LogP) is 3.79. The molecule has 128 valence electrons. The minimum absolute atomic E-state index is 0.0905. The first-order valence-corrected chi connectivity index (χ1v) is 8.76. The molecule has 0 N–H and O–H groups in total. The van der Waals surface area contributed by atoms with E-state index >= 15 is 0 Å². The topological polar surface area (TPSA) is 46.8 Å². The molecule has 2 aromatic heterocycles. The Morgan fingerprint density at radius 2 is 1.88 bits per heavy atom. The van der Waals surface area contributed by atoms with Crippen LogP contribution in [0, 0.1) is 6.92 Å². The van der Waals surface area contributed by atoms with Crippen LogP contribution < -0.4 is 4.90 Å². The van der Waals surface area contributed by atoms with E-state index in [0.29, 0.717) is 0 Å². The number of rotatable bonds is 3. The quantitative estimate of drug-likeness (QED) is 0.718. The summed E-state index contributed by atoms with van der Waals surface area (Å²) >= 11 is 6.03. The van der Waals surface area contributed by atoms with Crippen molar-refractivity contribution < 1.29 is 0 Å². The summed E-state index contributed by atoms with van der Waals surface area (Å²) < 4.78 is 1.95. The molecule has 0 radical (unpaired) electrons. The van der Waals surface area contributed by atoms with Crippen LogP contribution in [-0.2, 0) is 5.41 Å². The van der Waals surface area contributed by atoms with Gasteiger partial charge in [0.15, 0.2) is 5.82 Å². The Kier molecular flexibility index (Phi) is 3.96. The van der Waals surface area contributed by atoms with E-state index < -0.39 is 0 Å². The van der Waals surface area contributed by atoms with Crippen molar-refractivity contribution in [1.82, 2.24) is 19.5 Å². The molecule has 1 aliphatic rings. The van der Waals surface area contributed by atoms with Gasteiger partial charge in [0.05, 0.1) is 12.4 Å². The Hall–Kier alpha value is -2.40. The van der Waals surface area contributed by atoms with Crippen LogP contribution in [0.4, 0.5) is 5.82 Å². The lowest BCUT2D eigenvalue weighted by Crippen LogP contribution is -2.28. The summed E-state index contributed by atoms with van der Waals surface area (Å²) in [6.07, 6.45) is 8.36. The van der Waals surface area contributed by atoms with Gasteiger partial charge in [0, 0.05) is 35.9 Å². The molecule has 0 saturated carbocycles. The lowest BCUT2D eigenvalue weighted by Gasteiger charge is -2.25. The van der Waals surface area contributed by atoms with Gasteiger partial charge in [0.2, 0.25) is 0 Å². The number of imidazole rings is 1. The number of aromatic nitrogens is 4. The molecule has 1 unspecified atom stereocenters. The summed E-state index contributed by atoms with van der Waals surface area (Å²) in [6.45, 7) is 6.13. The standard InChI is InChI=1S/C19H20ClN5/c1-14-22-8-10-25(14)18-12-21-11-17(23-18)24-9-7-19(2,13-24)15-3-5-16(20)6-4-15/h3-6,8,10-12H,7,9,13H2,1-2H3. The van der Waals surface area contributed by atoms with Crippen molar-refractivity contribution in [3.05, 3.63) is 65.5 Å². The Balaban J connectivity index is 1.60. The highest BCUT2D eigenvalue weighted by Crippen LogP contribution is 2.36. The Morgan fingerprint density at radius 1 is 1.12 bits per heavy atom. The van der Waals surface area contributed by atoms with E-state index in [4.69, 9.17) is 16.6 Å². The Labute approximate surface area is 152 Å². The van der Waals surface area contributed by atoms with Crippen LogP contribution in [0.25, 0.3) is 5.82 Å². The highest BCUT2D eigenvalue weighted by Gasteiger charge is 2.36. The second kappa shape index (κ2) is 6.15. The third kappa shape index (κ3) is 3.00. The maximum Gasteiger partial charge on any atom is 0.159 e. The average molecular weight is 354 g/mol. The summed E-state index contributed by atoms with van der Waals surface area (Å²) in [5.41, 5.74) is 1.40. The van der Waals surface area contributed by atoms with Crippen LogP contribution in [0.5, 0.6) is 0 Å². The van der Waals surface area contributed by atoms with Crippen LogP contribution in [-0.4, -0.2) is 32.6 Å². The number of anilines is 1. The Bertz CT molecular complexity index is 889. The first-order chi connectivity index (χ1) is 12.0. The number of hydrogen-bond donors (Lipinski definition) is 0. The lowest BCUT2D eigenvalue weighted by atomic mass is 9.82. The van der Waals surface area contributed by atoms with Gasteiger partial charge in [-0.15, -0.1) is 0 Å². The van der Waals surface area contributed by atoms with Crippen LogP contribution >= 0.6 is 11.6 Å². The fourth-order valence-corrected chi connectivity index (χ4v) is 3.60. The Morgan fingerprint density at radius 3 is 2.60 bits per heavy atom. The first-order valence-electron chi connectivity index (χ1n) is 8.39. The normalized spacial score (nSPS) is 20.2. The first kappa shape index (κ1) is 16.1. The number of nitrogens with zero attached hydrogens (tertiary/aromatic N) is 5. The molecule has 1 saturated heterocycles. The molecule has 4 rings (SSSR count). The fraction of sp³-hybridized carbons (Fsp3) is 0.316. The van der Waals surface area contributed by atoms with Crippen molar-refractivity contribution >= 4 is 17.4 Å². The molecule has 1 aliphatic heterocycles. The second-order valence-electron chi connectivity index (χ2n) is 6.82. The van der Waals surface area contributed by atoms with E-state index in [1.54, 1.807) is 12.4 Å². The lowest BCUT2D eigenvalue weighted by molar-refractivity contribution is 0.531. The molecule has 0 bridgehead atoms. The molecule has 3 heterocycles. The van der Waals surface area contributed by atoms with Crippen LogP contribution in [0.3, 0.4) is 0 Å². The van der Waals surface area contributed by atoms with Gasteiger partial charge in [-0.25, -0.2) is 9.97 Å². The summed E-state index contributed by atoms with van der Waals surface area (Å²) in [4.78, 5) is 15.7. The molecular weight excluding hydrogens is 334 g/mol. The van der Waals surface area contributed by atoms with Gasteiger partial charge in [0.1, 0.15) is 11.6 Å². The van der Waals surface area contributed by atoms with Gasteiger partial charge < -0.3 is 4.90 Å². The molecule has 5 nitrogen and oxygen atoms in total. The molecule has 1 aromatic carbocycles. The highest BCUT2D eigenvalue weighted by molar-refractivity contribution is 6.30. The number of benzene rings is 1. The minimum Gasteiger partial charge on any atom is -0.354 e.